The lowest BCUT2D eigenvalue weighted by atomic mass is 9.92. The van der Waals surface area contributed by atoms with Crippen molar-refractivity contribution in [3.05, 3.63) is 35.9 Å². The summed E-state index contributed by atoms with van der Waals surface area (Å²) in [4.78, 5) is 0. The van der Waals surface area contributed by atoms with E-state index in [1.54, 1.807) is 7.11 Å². The van der Waals surface area contributed by atoms with Crippen LogP contribution in [0.3, 0.4) is 0 Å². The molecule has 0 N–H and O–H groups in total. The molecule has 1 rings (SSSR count). The molecule has 15 heavy (non-hydrogen) atoms. The molecule has 0 heterocycles. The van der Waals surface area contributed by atoms with Gasteiger partial charge in [-0.05, 0) is 42.5 Å². The van der Waals surface area contributed by atoms with Crippen LogP contribution in [0.1, 0.15) is 32.8 Å². The van der Waals surface area contributed by atoms with E-state index in [-0.39, 0.29) is 0 Å². The lowest BCUT2D eigenvalue weighted by Gasteiger charge is -2.14. The average Bonchev–Trinajstić information content (AvgIpc) is 2.30. The molecule has 0 aliphatic rings. The monoisotopic (exact) mass is 204 g/mol. The molecule has 0 saturated carbocycles. The highest BCUT2D eigenvalue weighted by atomic mass is 16.5. The maximum absolute atomic E-state index is 5.24. The van der Waals surface area contributed by atoms with E-state index in [4.69, 9.17) is 4.74 Å². The molecule has 0 aromatic heterocycles. The summed E-state index contributed by atoms with van der Waals surface area (Å²) >= 11 is 0. The third-order valence-corrected chi connectivity index (χ3v) is 2.86. The van der Waals surface area contributed by atoms with Crippen molar-refractivity contribution >= 4 is 5.57 Å². The van der Waals surface area contributed by atoms with Crippen molar-refractivity contribution in [3.8, 4) is 5.75 Å². The molecule has 1 atom stereocenters. The summed E-state index contributed by atoms with van der Waals surface area (Å²) in [5, 5.41) is 0. The van der Waals surface area contributed by atoms with Crippen LogP contribution < -0.4 is 4.74 Å². The predicted octanol–water partition coefficient (Wildman–Crippen LogP) is 4.14. The van der Waals surface area contributed by atoms with E-state index in [1.807, 2.05) is 12.1 Å². The van der Waals surface area contributed by atoms with Crippen LogP contribution in [0.5, 0.6) is 5.75 Å². The van der Waals surface area contributed by atoms with Crippen LogP contribution in [-0.4, -0.2) is 7.11 Å². The van der Waals surface area contributed by atoms with E-state index in [9.17, 15) is 0 Å². The number of hydrogen-bond acceptors (Lipinski definition) is 1. The van der Waals surface area contributed by atoms with Crippen LogP contribution in [0.25, 0.3) is 5.57 Å². The number of methoxy groups -OCH3 is 1. The Morgan fingerprint density at radius 2 is 2.20 bits per heavy atom. The van der Waals surface area contributed by atoms with Gasteiger partial charge < -0.3 is 4.74 Å². The molecule has 0 saturated heterocycles. The topological polar surface area (TPSA) is 9.23 Å². The average molecular weight is 204 g/mol. The van der Waals surface area contributed by atoms with Crippen molar-refractivity contribution in [2.24, 2.45) is 5.92 Å². The zero-order valence-electron chi connectivity index (χ0n) is 10.1. The molecule has 1 nitrogen and oxygen atoms in total. The van der Waals surface area contributed by atoms with Gasteiger partial charge in [0.2, 0.25) is 0 Å². The SMILES string of the molecule is C/C=C(\c1cccc(OC)c1)C(C)CC. The Balaban J connectivity index is 3.02. The molecule has 1 heteroatoms. The van der Waals surface area contributed by atoms with Crippen molar-refractivity contribution in [1.29, 1.82) is 0 Å². The third kappa shape index (κ3) is 2.85. The molecule has 0 radical (unpaired) electrons. The van der Waals surface area contributed by atoms with Crippen molar-refractivity contribution in [2.75, 3.05) is 7.11 Å². The molecule has 0 aliphatic heterocycles. The van der Waals surface area contributed by atoms with Crippen LogP contribution in [0.2, 0.25) is 0 Å². The smallest absolute Gasteiger partial charge is 0.119 e. The number of hydrogen-bond donors (Lipinski definition) is 0. The van der Waals surface area contributed by atoms with E-state index in [1.165, 1.54) is 11.1 Å². The van der Waals surface area contributed by atoms with E-state index in [2.05, 4.69) is 39.0 Å². The molecule has 82 valence electrons. The zero-order chi connectivity index (χ0) is 11.3. The number of ether oxygens (including phenoxy) is 1. The second-order valence-electron chi connectivity index (χ2n) is 3.79. The van der Waals surface area contributed by atoms with E-state index in [0.29, 0.717) is 5.92 Å². The van der Waals surface area contributed by atoms with Gasteiger partial charge in [-0.25, -0.2) is 0 Å². The molecular formula is C14H20O. The van der Waals surface area contributed by atoms with Crippen LogP contribution in [0.4, 0.5) is 0 Å². The summed E-state index contributed by atoms with van der Waals surface area (Å²) in [6, 6.07) is 8.26. The Kier molecular flexibility index (Phi) is 4.41. The third-order valence-electron chi connectivity index (χ3n) is 2.86. The highest BCUT2D eigenvalue weighted by molar-refractivity contribution is 5.67. The zero-order valence-corrected chi connectivity index (χ0v) is 10.1. The second kappa shape index (κ2) is 5.59. The van der Waals surface area contributed by atoms with Gasteiger partial charge in [0.05, 0.1) is 7.11 Å². The van der Waals surface area contributed by atoms with Gasteiger partial charge in [-0.3, -0.25) is 0 Å². The lowest BCUT2D eigenvalue weighted by molar-refractivity contribution is 0.414. The van der Waals surface area contributed by atoms with Gasteiger partial charge >= 0.3 is 0 Å². The minimum absolute atomic E-state index is 0.599. The first-order chi connectivity index (χ1) is 7.22. The number of benzene rings is 1. The van der Waals surface area contributed by atoms with Gasteiger partial charge in [-0.1, -0.05) is 32.1 Å². The van der Waals surface area contributed by atoms with Crippen molar-refractivity contribution in [2.45, 2.75) is 27.2 Å². The van der Waals surface area contributed by atoms with Crippen LogP contribution in [-0.2, 0) is 0 Å². The lowest BCUT2D eigenvalue weighted by Crippen LogP contribution is -1.97. The van der Waals surface area contributed by atoms with E-state index in [0.717, 1.165) is 12.2 Å². The Labute approximate surface area is 92.8 Å². The molecule has 0 fully saturated rings. The van der Waals surface area contributed by atoms with Gasteiger partial charge in [-0.15, -0.1) is 0 Å². The van der Waals surface area contributed by atoms with Gasteiger partial charge in [0.25, 0.3) is 0 Å². The summed E-state index contributed by atoms with van der Waals surface area (Å²) in [6.07, 6.45) is 3.36. The molecule has 1 unspecified atom stereocenters. The van der Waals surface area contributed by atoms with Gasteiger partial charge in [0.15, 0.2) is 0 Å². The minimum atomic E-state index is 0.599. The van der Waals surface area contributed by atoms with E-state index >= 15 is 0 Å². The van der Waals surface area contributed by atoms with Gasteiger partial charge in [0, 0.05) is 0 Å². The van der Waals surface area contributed by atoms with Crippen molar-refractivity contribution in [1.82, 2.24) is 0 Å². The molecule has 0 bridgehead atoms. The van der Waals surface area contributed by atoms with Crippen molar-refractivity contribution < 1.29 is 4.74 Å². The van der Waals surface area contributed by atoms with Crippen LogP contribution in [0.15, 0.2) is 30.3 Å². The number of allylic oxidation sites excluding steroid dienone is 2. The summed E-state index contributed by atoms with van der Waals surface area (Å²) < 4.78 is 5.24. The highest BCUT2D eigenvalue weighted by Crippen LogP contribution is 2.27. The maximum atomic E-state index is 5.24. The fraction of sp³-hybridized carbons (Fsp3) is 0.429. The Morgan fingerprint density at radius 1 is 1.47 bits per heavy atom. The second-order valence-corrected chi connectivity index (χ2v) is 3.79. The standard InChI is InChI=1S/C14H20O/c1-5-11(3)14(6-2)12-8-7-9-13(10-12)15-4/h6-11H,5H2,1-4H3/b14-6-. The first-order valence-electron chi connectivity index (χ1n) is 5.53. The fourth-order valence-electron chi connectivity index (χ4n) is 1.76. The number of rotatable bonds is 4. The quantitative estimate of drug-likeness (QED) is 0.716. The Bertz CT molecular complexity index is 339. The predicted molar refractivity (Wildman–Crippen MR) is 66.1 cm³/mol. The largest absolute Gasteiger partial charge is 0.497 e. The summed E-state index contributed by atoms with van der Waals surface area (Å²) in [6.45, 7) is 6.57. The normalized spacial score (nSPS) is 13.7. The Hall–Kier alpha value is -1.24. The van der Waals surface area contributed by atoms with Gasteiger partial charge in [-0.2, -0.15) is 0 Å². The summed E-state index contributed by atoms with van der Waals surface area (Å²) in [5.74, 6) is 1.53. The Morgan fingerprint density at radius 3 is 2.73 bits per heavy atom. The van der Waals surface area contributed by atoms with Crippen LogP contribution >= 0.6 is 0 Å². The van der Waals surface area contributed by atoms with Crippen molar-refractivity contribution in [3.63, 3.8) is 0 Å². The molecule has 0 aliphatic carbocycles. The minimum Gasteiger partial charge on any atom is -0.497 e. The first kappa shape index (κ1) is 11.8. The van der Waals surface area contributed by atoms with Crippen LogP contribution in [0, 0.1) is 5.92 Å². The summed E-state index contributed by atoms with van der Waals surface area (Å²) in [7, 11) is 1.71. The first-order valence-corrected chi connectivity index (χ1v) is 5.53. The molecule has 1 aromatic carbocycles. The molecular weight excluding hydrogens is 184 g/mol. The molecule has 1 aromatic rings. The van der Waals surface area contributed by atoms with Gasteiger partial charge in [0.1, 0.15) is 5.75 Å². The maximum Gasteiger partial charge on any atom is 0.119 e. The molecule has 0 amide bonds. The fourth-order valence-corrected chi connectivity index (χ4v) is 1.76. The molecule has 0 spiro atoms. The highest BCUT2D eigenvalue weighted by Gasteiger charge is 2.08. The van der Waals surface area contributed by atoms with E-state index < -0.39 is 0 Å². The summed E-state index contributed by atoms with van der Waals surface area (Å²) in [5.41, 5.74) is 2.67.